The van der Waals surface area contributed by atoms with E-state index in [4.69, 9.17) is 16.8 Å². The molecule has 2 N–H and O–H groups in total. The number of nitrogens with one attached hydrogen (secondary N) is 1. The maximum atomic E-state index is 11.7. The standard InChI is InChI=1S/C12H16ClN2O3/c1-12(2,3)11(16)14-7-8-4-5-9(13)10(6-8)15(17)18/h4-6,17H,7H2,1-3H3,(H,14,16)/q-1. The van der Waals surface area contributed by atoms with Crippen LogP contribution in [0.1, 0.15) is 26.3 Å². The van der Waals surface area contributed by atoms with Gasteiger partial charge in [0, 0.05) is 12.0 Å². The molecule has 0 aliphatic rings. The van der Waals surface area contributed by atoms with Crippen LogP contribution in [0.2, 0.25) is 5.02 Å². The largest absolute Gasteiger partial charge is 0.733 e. The maximum absolute atomic E-state index is 11.7. The summed E-state index contributed by atoms with van der Waals surface area (Å²) in [6.07, 6.45) is 0. The lowest BCUT2D eigenvalue weighted by molar-refractivity contribution is -0.128. The van der Waals surface area contributed by atoms with Crippen LogP contribution >= 0.6 is 11.6 Å². The Morgan fingerprint density at radius 1 is 1.50 bits per heavy atom. The summed E-state index contributed by atoms with van der Waals surface area (Å²) < 4.78 is 0. The third kappa shape index (κ3) is 3.87. The summed E-state index contributed by atoms with van der Waals surface area (Å²) in [5, 5.41) is 22.3. The molecule has 0 aliphatic heterocycles. The number of carbonyl (C=O) groups is 1. The predicted octanol–water partition coefficient (Wildman–Crippen LogP) is 2.70. The van der Waals surface area contributed by atoms with E-state index in [0.717, 1.165) is 0 Å². The fraction of sp³-hybridized carbons (Fsp3) is 0.417. The summed E-state index contributed by atoms with van der Waals surface area (Å²) >= 11 is 5.74. The normalized spacial score (nSPS) is 11.2. The van der Waals surface area contributed by atoms with Gasteiger partial charge in [0.1, 0.15) is 0 Å². The molecule has 5 nitrogen and oxygen atoms in total. The first-order chi connectivity index (χ1) is 8.21. The summed E-state index contributed by atoms with van der Waals surface area (Å²) in [5.74, 6) is -0.0954. The highest BCUT2D eigenvalue weighted by atomic mass is 35.5. The number of hydrogen-bond acceptors (Lipinski definition) is 4. The lowest BCUT2D eigenvalue weighted by Crippen LogP contribution is -2.34. The van der Waals surface area contributed by atoms with E-state index in [-0.39, 0.29) is 28.4 Å². The third-order valence-electron chi connectivity index (χ3n) is 2.35. The summed E-state index contributed by atoms with van der Waals surface area (Å²) in [7, 11) is 0. The Balaban J connectivity index is 2.75. The van der Waals surface area contributed by atoms with Crippen molar-refractivity contribution in [3.8, 4) is 0 Å². The van der Waals surface area contributed by atoms with E-state index in [0.29, 0.717) is 5.56 Å². The van der Waals surface area contributed by atoms with Crippen molar-refractivity contribution in [2.24, 2.45) is 5.41 Å². The van der Waals surface area contributed by atoms with Crippen molar-refractivity contribution < 1.29 is 10.0 Å². The van der Waals surface area contributed by atoms with Gasteiger partial charge in [0.2, 0.25) is 5.91 Å². The van der Waals surface area contributed by atoms with E-state index in [9.17, 15) is 10.0 Å². The topological polar surface area (TPSA) is 75.6 Å². The highest BCUT2D eigenvalue weighted by molar-refractivity contribution is 6.33. The fourth-order valence-corrected chi connectivity index (χ4v) is 1.45. The molecule has 0 unspecified atom stereocenters. The number of nitrogens with zero attached hydrogens (tertiary/aromatic N) is 1. The summed E-state index contributed by atoms with van der Waals surface area (Å²) in [6, 6.07) is 4.60. The molecule has 0 fully saturated rings. The van der Waals surface area contributed by atoms with Crippen LogP contribution in [-0.2, 0) is 11.3 Å². The fourth-order valence-electron chi connectivity index (χ4n) is 1.26. The van der Waals surface area contributed by atoms with Gasteiger partial charge >= 0.3 is 0 Å². The van der Waals surface area contributed by atoms with Crippen LogP contribution in [0.5, 0.6) is 0 Å². The van der Waals surface area contributed by atoms with Crippen LogP contribution in [0.25, 0.3) is 0 Å². The molecule has 1 amide bonds. The van der Waals surface area contributed by atoms with Crippen LogP contribution in [0.3, 0.4) is 0 Å². The van der Waals surface area contributed by atoms with Gasteiger partial charge in [-0.25, -0.2) is 0 Å². The second-order valence-electron chi connectivity index (χ2n) is 4.99. The molecule has 0 atom stereocenters. The molecule has 6 heteroatoms. The summed E-state index contributed by atoms with van der Waals surface area (Å²) in [4.78, 5) is 11.7. The number of hydrogen-bond donors (Lipinski definition) is 2. The van der Waals surface area contributed by atoms with Crippen molar-refractivity contribution in [1.29, 1.82) is 0 Å². The molecule has 0 saturated heterocycles. The average Bonchev–Trinajstić information content (AvgIpc) is 2.25. The van der Waals surface area contributed by atoms with Gasteiger partial charge in [-0.05, 0) is 17.7 Å². The molecule has 100 valence electrons. The Hall–Kier alpha value is -1.30. The van der Waals surface area contributed by atoms with Crippen LogP contribution < -0.4 is 10.5 Å². The van der Waals surface area contributed by atoms with E-state index in [2.05, 4.69) is 5.32 Å². The maximum Gasteiger partial charge on any atom is 0.225 e. The van der Waals surface area contributed by atoms with E-state index >= 15 is 0 Å². The zero-order valence-electron chi connectivity index (χ0n) is 10.5. The minimum atomic E-state index is -0.475. The quantitative estimate of drug-likeness (QED) is 0.829. The Bertz CT molecular complexity index is 441. The summed E-state index contributed by atoms with van der Waals surface area (Å²) in [6.45, 7) is 5.70. The minimum Gasteiger partial charge on any atom is -0.733 e. The molecule has 1 aromatic carbocycles. The van der Waals surface area contributed by atoms with E-state index in [1.54, 1.807) is 6.07 Å². The first-order valence-corrected chi connectivity index (χ1v) is 5.82. The number of carbonyl (C=O) groups excluding carboxylic acids is 1. The molecule has 0 heterocycles. The van der Waals surface area contributed by atoms with E-state index < -0.39 is 5.41 Å². The minimum absolute atomic E-state index is 0.0424. The Morgan fingerprint density at radius 2 is 2.11 bits per heavy atom. The van der Waals surface area contributed by atoms with Crippen molar-refractivity contribution in [2.75, 3.05) is 5.23 Å². The number of anilines is 1. The second kappa shape index (κ2) is 5.56. The number of halogens is 1. The van der Waals surface area contributed by atoms with Gasteiger partial charge in [-0.3, -0.25) is 10.0 Å². The third-order valence-corrected chi connectivity index (χ3v) is 2.67. The Kier molecular flexibility index (Phi) is 4.56. The van der Waals surface area contributed by atoms with Crippen molar-refractivity contribution in [2.45, 2.75) is 27.3 Å². The number of benzene rings is 1. The lowest BCUT2D eigenvalue weighted by Gasteiger charge is -2.23. The van der Waals surface area contributed by atoms with Gasteiger partial charge in [0.05, 0.1) is 10.7 Å². The van der Waals surface area contributed by atoms with Crippen molar-refractivity contribution >= 4 is 23.2 Å². The first-order valence-electron chi connectivity index (χ1n) is 5.44. The van der Waals surface area contributed by atoms with Crippen molar-refractivity contribution in [1.82, 2.24) is 5.32 Å². The smallest absolute Gasteiger partial charge is 0.225 e. The Morgan fingerprint density at radius 3 is 2.61 bits per heavy atom. The molecule has 18 heavy (non-hydrogen) atoms. The second-order valence-corrected chi connectivity index (χ2v) is 5.40. The van der Waals surface area contributed by atoms with Crippen LogP contribution in [-0.4, -0.2) is 11.1 Å². The molecule has 0 bridgehead atoms. The zero-order chi connectivity index (χ0) is 13.9. The molecule has 0 saturated carbocycles. The van der Waals surface area contributed by atoms with E-state index in [1.165, 1.54) is 12.1 Å². The first kappa shape index (κ1) is 14.8. The molecular formula is C12H16ClN2O3-. The van der Waals surface area contributed by atoms with Gasteiger partial charge in [0.25, 0.3) is 0 Å². The van der Waals surface area contributed by atoms with Gasteiger partial charge in [0.15, 0.2) is 0 Å². The molecule has 0 aromatic heterocycles. The van der Waals surface area contributed by atoms with Crippen LogP contribution in [0.15, 0.2) is 18.2 Å². The molecule has 1 aromatic rings. The van der Waals surface area contributed by atoms with E-state index in [1.807, 2.05) is 20.8 Å². The Labute approximate surface area is 111 Å². The van der Waals surface area contributed by atoms with Crippen molar-refractivity contribution in [3.63, 3.8) is 0 Å². The monoisotopic (exact) mass is 271 g/mol. The van der Waals surface area contributed by atoms with Gasteiger partial charge in [-0.2, -0.15) is 0 Å². The molecular weight excluding hydrogens is 256 g/mol. The van der Waals surface area contributed by atoms with Gasteiger partial charge in [-0.1, -0.05) is 38.4 Å². The lowest BCUT2D eigenvalue weighted by atomic mass is 9.95. The van der Waals surface area contributed by atoms with Gasteiger partial charge < -0.3 is 15.8 Å². The predicted molar refractivity (Wildman–Crippen MR) is 70.4 cm³/mol. The number of amides is 1. The van der Waals surface area contributed by atoms with Crippen LogP contribution in [0.4, 0.5) is 5.69 Å². The highest BCUT2D eigenvalue weighted by Crippen LogP contribution is 2.25. The van der Waals surface area contributed by atoms with Crippen LogP contribution in [0, 0.1) is 10.6 Å². The number of rotatable bonds is 3. The molecule has 0 radical (unpaired) electrons. The SMILES string of the molecule is CC(C)(C)C(=O)NCc1ccc(Cl)c(N([O-])O)c1. The highest BCUT2D eigenvalue weighted by Gasteiger charge is 2.20. The molecule has 0 aliphatic carbocycles. The molecule has 1 rings (SSSR count). The summed E-state index contributed by atoms with van der Waals surface area (Å²) in [5.41, 5.74) is 0.164. The van der Waals surface area contributed by atoms with Gasteiger partial charge in [-0.15, -0.1) is 0 Å². The zero-order valence-corrected chi connectivity index (χ0v) is 11.3. The molecule has 0 spiro atoms. The van der Waals surface area contributed by atoms with Crippen molar-refractivity contribution in [3.05, 3.63) is 34.0 Å². The average molecular weight is 272 g/mol.